The number of amides is 1. The molecule has 2 heterocycles. The molecule has 1 aromatic carbocycles. The van der Waals surface area contributed by atoms with Crippen LogP contribution in [0.1, 0.15) is 23.2 Å². The Morgan fingerprint density at radius 1 is 1.20 bits per heavy atom. The van der Waals surface area contributed by atoms with Gasteiger partial charge in [0.25, 0.3) is 5.91 Å². The normalized spacial score (nSPS) is 15.4. The molecule has 1 aliphatic rings. The molecule has 0 aliphatic carbocycles. The van der Waals surface area contributed by atoms with Crippen molar-refractivity contribution in [3.63, 3.8) is 0 Å². The number of oxime groups is 1. The van der Waals surface area contributed by atoms with Crippen molar-refractivity contribution in [2.45, 2.75) is 12.8 Å². The molecule has 1 N–H and O–H groups in total. The topological polar surface area (TPSA) is 78.7 Å². The Balaban J connectivity index is 1.90. The second-order valence-electron chi connectivity index (χ2n) is 4.69. The fourth-order valence-corrected chi connectivity index (χ4v) is 2.40. The minimum atomic E-state index is -0.0481. The summed E-state index contributed by atoms with van der Waals surface area (Å²) >= 11 is 0. The van der Waals surface area contributed by atoms with Crippen molar-refractivity contribution in [3.8, 4) is 0 Å². The number of rotatable bonds is 1. The van der Waals surface area contributed by atoms with Gasteiger partial charge in [0.2, 0.25) is 0 Å². The molecule has 1 fully saturated rings. The van der Waals surface area contributed by atoms with Crippen molar-refractivity contribution in [1.29, 1.82) is 0 Å². The Morgan fingerprint density at radius 2 is 1.95 bits per heavy atom. The quantitative estimate of drug-likeness (QED) is 0.632. The summed E-state index contributed by atoms with van der Waals surface area (Å²) in [6, 6.07) is 5.43. The van der Waals surface area contributed by atoms with E-state index >= 15 is 0 Å². The first-order valence-electron chi connectivity index (χ1n) is 6.48. The van der Waals surface area contributed by atoms with Crippen molar-refractivity contribution in [3.05, 3.63) is 36.2 Å². The fraction of sp³-hybridized carbons (Fsp3) is 0.286. The lowest BCUT2D eigenvalue weighted by atomic mass is 10.1. The van der Waals surface area contributed by atoms with Gasteiger partial charge in [0.1, 0.15) is 5.52 Å². The summed E-state index contributed by atoms with van der Waals surface area (Å²) in [4.78, 5) is 22.8. The number of piperidine rings is 1. The molecule has 2 aromatic rings. The fourth-order valence-electron chi connectivity index (χ4n) is 2.40. The number of carbonyl (C=O) groups excluding carboxylic acids is 1. The van der Waals surface area contributed by atoms with E-state index < -0.39 is 0 Å². The Hall–Kier alpha value is -2.50. The predicted molar refractivity (Wildman–Crippen MR) is 73.9 cm³/mol. The number of hydrogen-bond acceptors (Lipinski definition) is 5. The van der Waals surface area contributed by atoms with E-state index in [9.17, 15) is 4.79 Å². The lowest BCUT2D eigenvalue weighted by molar-refractivity contribution is 0.0755. The van der Waals surface area contributed by atoms with Crippen molar-refractivity contribution >= 4 is 22.7 Å². The van der Waals surface area contributed by atoms with Crippen LogP contribution in [0, 0.1) is 0 Å². The van der Waals surface area contributed by atoms with Gasteiger partial charge in [0.05, 0.1) is 16.8 Å². The van der Waals surface area contributed by atoms with Crippen LogP contribution in [0.25, 0.3) is 11.0 Å². The third-order valence-electron chi connectivity index (χ3n) is 3.50. The number of likely N-dealkylation sites (tertiary alicyclic amines) is 1. The maximum atomic E-state index is 12.6. The standard InChI is InChI=1S/C14H14N4O2/c19-14(18-8-4-10(17-20)5-9-18)11-2-1-3-12-13(11)16-7-6-15-12/h1-3,6-7,20H,4-5,8-9H2. The van der Waals surface area contributed by atoms with Crippen LogP contribution in [-0.4, -0.2) is 44.8 Å². The highest BCUT2D eigenvalue weighted by Gasteiger charge is 2.23. The van der Waals surface area contributed by atoms with E-state index in [0.29, 0.717) is 42.5 Å². The van der Waals surface area contributed by atoms with E-state index in [4.69, 9.17) is 5.21 Å². The van der Waals surface area contributed by atoms with Gasteiger partial charge in [0.15, 0.2) is 0 Å². The minimum Gasteiger partial charge on any atom is -0.411 e. The van der Waals surface area contributed by atoms with E-state index in [-0.39, 0.29) is 5.91 Å². The molecule has 6 heteroatoms. The zero-order valence-electron chi connectivity index (χ0n) is 10.9. The molecule has 0 spiro atoms. The number of aromatic nitrogens is 2. The van der Waals surface area contributed by atoms with E-state index in [1.807, 2.05) is 12.1 Å². The van der Waals surface area contributed by atoms with Crippen molar-refractivity contribution in [1.82, 2.24) is 14.9 Å². The number of benzene rings is 1. The van der Waals surface area contributed by atoms with Crippen molar-refractivity contribution in [2.24, 2.45) is 5.16 Å². The monoisotopic (exact) mass is 270 g/mol. The van der Waals surface area contributed by atoms with E-state index in [1.54, 1.807) is 23.4 Å². The SMILES string of the molecule is O=C(c1cccc2nccnc12)N1CCC(=NO)CC1. The third-order valence-corrected chi connectivity index (χ3v) is 3.50. The number of para-hydroxylation sites is 1. The Morgan fingerprint density at radius 3 is 2.70 bits per heavy atom. The van der Waals surface area contributed by atoms with Gasteiger partial charge in [0, 0.05) is 38.3 Å². The minimum absolute atomic E-state index is 0.0481. The van der Waals surface area contributed by atoms with Crippen LogP contribution in [0.5, 0.6) is 0 Å². The van der Waals surface area contributed by atoms with Gasteiger partial charge in [-0.3, -0.25) is 14.8 Å². The summed E-state index contributed by atoms with van der Waals surface area (Å²) < 4.78 is 0. The smallest absolute Gasteiger partial charge is 0.256 e. The Labute approximate surface area is 115 Å². The highest BCUT2D eigenvalue weighted by Crippen LogP contribution is 2.18. The first-order valence-corrected chi connectivity index (χ1v) is 6.48. The van der Waals surface area contributed by atoms with Crippen molar-refractivity contribution in [2.75, 3.05) is 13.1 Å². The first kappa shape index (κ1) is 12.5. The second-order valence-corrected chi connectivity index (χ2v) is 4.69. The molecule has 102 valence electrons. The van der Waals surface area contributed by atoms with Gasteiger partial charge < -0.3 is 10.1 Å². The summed E-state index contributed by atoms with van der Waals surface area (Å²) in [5.41, 5.74) is 2.65. The molecule has 6 nitrogen and oxygen atoms in total. The lowest BCUT2D eigenvalue weighted by Gasteiger charge is -2.27. The highest BCUT2D eigenvalue weighted by atomic mass is 16.4. The van der Waals surface area contributed by atoms with Crippen LogP contribution >= 0.6 is 0 Å². The molecular weight excluding hydrogens is 256 g/mol. The molecule has 1 amide bonds. The third kappa shape index (κ3) is 2.20. The van der Waals surface area contributed by atoms with Crippen LogP contribution in [0.3, 0.4) is 0 Å². The van der Waals surface area contributed by atoms with E-state index in [2.05, 4.69) is 15.1 Å². The first-order chi connectivity index (χ1) is 9.79. The average Bonchev–Trinajstić information content (AvgIpc) is 2.54. The van der Waals surface area contributed by atoms with Crippen LogP contribution in [0.4, 0.5) is 0 Å². The average molecular weight is 270 g/mol. The van der Waals surface area contributed by atoms with Gasteiger partial charge in [-0.15, -0.1) is 0 Å². The Bertz CT molecular complexity index is 668. The summed E-state index contributed by atoms with van der Waals surface area (Å²) in [6.45, 7) is 1.13. The van der Waals surface area contributed by atoms with Crippen LogP contribution in [-0.2, 0) is 0 Å². The molecule has 0 radical (unpaired) electrons. The molecule has 0 saturated carbocycles. The van der Waals surface area contributed by atoms with Gasteiger partial charge in [-0.1, -0.05) is 11.2 Å². The summed E-state index contributed by atoms with van der Waals surface area (Å²) in [5, 5.41) is 12.0. The summed E-state index contributed by atoms with van der Waals surface area (Å²) in [5.74, 6) is -0.0481. The zero-order valence-corrected chi connectivity index (χ0v) is 10.9. The molecular formula is C14H14N4O2. The van der Waals surface area contributed by atoms with Gasteiger partial charge in [-0.05, 0) is 12.1 Å². The second kappa shape index (κ2) is 5.24. The van der Waals surface area contributed by atoms with Crippen molar-refractivity contribution < 1.29 is 10.0 Å². The lowest BCUT2D eigenvalue weighted by Crippen LogP contribution is -2.38. The highest BCUT2D eigenvalue weighted by molar-refractivity contribution is 6.05. The van der Waals surface area contributed by atoms with Gasteiger partial charge in [-0.25, -0.2) is 0 Å². The number of nitrogens with zero attached hydrogens (tertiary/aromatic N) is 4. The maximum Gasteiger partial charge on any atom is 0.256 e. The summed E-state index contributed by atoms with van der Waals surface area (Å²) in [6.07, 6.45) is 4.42. The number of carbonyl (C=O) groups is 1. The molecule has 1 aliphatic heterocycles. The molecule has 1 aromatic heterocycles. The molecule has 0 atom stereocenters. The number of hydrogen-bond donors (Lipinski definition) is 1. The Kier molecular flexibility index (Phi) is 3.28. The molecule has 0 bridgehead atoms. The molecule has 0 unspecified atom stereocenters. The molecule has 3 rings (SSSR count). The van der Waals surface area contributed by atoms with Crippen LogP contribution in [0.15, 0.2) is 35.7 Å². The number of fused-ring (bicyclic) bond motifs is 1. The molecule has 1 saturated heterocycles. The van der Waals surface area contributed by atoms with E-state index in [0.717, 1.165) is 5.71 Å². The largest absolute Gasteiger partial charge is 0.411 e. The van der Waals surface area contributed by atoms with Crippen LogP contribution < -0.4 is 0 Å². The van der Waals surface area contributed by atoms with E-state index in [1.165, 1.54) is 0 Å². The maximum absolute atomic E-state index is 12.6. The predicted octanol–water partition coefficient (Wildman–Crippen LogP) is 1.70. The summed E-state index contributed by atoms with van der Waals surface area (Å²) in [7, 11) is 0. The van der Waals surface area contributed by atoms with Gasteiger partial charge >= 0.3 is 0 Å². The zero-order chi connectivity index (χ0) is 13.9. The van der Waals surface area contributed by atoms with Gasteiger partial charge in [-0.2, -0.15) is 0 Å². The van der Waals surface area contributed by atoms with Crippen LogP contribution in [0.2, 0.25) is 0 Å². The molecule has 20 heavy (non-hydrogen) atoms.